The maximum absolute atomic E-state index is 10.5. The number of allylic oxidation sites excluding steroid dienone is 1. The van der Waals surface area contributed by atoms with Crippen LogP contribution >= 0.6 is 0 Å². The van der Waals surface area contributed by atoms with Gasteiger partial charge in [0.25, 0.3) is 0 Å². The van der Waals surface area contributed by atoms with E-state index < -0.39 is 0 Å². The number of rotatable bonds is 3. The molecule has 0 saturated heterocycles. The lowest BCUT2D eigenvalue weighted by molar-refractivity contribution is -0.116. The van der Waals surface area contributed by atoms with Gasteiger partial charge in [-0.15, -0.1) is 0 Å². The normalized spacial score (nSPS) is 12.2. The highest BCUT2D eigenvalue weighted by molar-refractivity contribution is 5.95. The monoisotopic (exact) mass is 126 g/mol. The fourth-order valence-corrected chi connectivity index (χ4v) is 0.403. The van der Waals surface area contributed by atoms with Crippen LogP contribution in [0.2, 0.25) is 0 Å². The third-order valence-corrected chi connectivity index (χ3v) is 1.21. The van der Waals surface area contributed by atoms with Crippen LogP contribution in [0.3, 0.4) is 0 Å². The van der Waals surface area contributed by atoms with E-state index in [0.717, 1.165) is 0 Å². The number of carbonyl (C=O) groups is 2. The first-order valence-corrected chi connectivity index (χ1v) is 2.74. The number of hydrogen-bond donors (Lipinski definition) is 0. The summed E-state index contributed by atoms with van der Waals surface area (Å²) in [4.78, 5) is 20.5. The summed E-state index contributed by atoms with van der Waals surface area (Å²) in [6.07, 6.45) is 0.712. The predicted octanol–water partition coefficient (Wildman–Crippen LogP) is 0.967. The second-order valence-corrected chi connectivity index (χ2v) is 2.01. The first-order valence-electron chi connectivity index (χ1n) is 2.74. The topological polar surface area (TPSA) is 34.1 Å². The molecule has 0 N–H and O–H groups in total. The zero-order valence-electron chi connectivity index (χ0n) is 5.68. The van der Waals surface area contributed by atoms with E-state index in [1.165, 1.54) is 6.92 Å². The van der Waals surface area contributed by atoms with Crippen LogP contribution in [0.4, 0.5) is 0 Å². The Balaban J connectivity index is 4.03. The first kappa shape index (κ1) is 8.08. The standard InChI is InChI=1S/C7H10O2/c1-5(4-8)6(2)7(3)9/h4-5H,2H2,1,3H3. The van der Waals surface area contributed by atoms with E-state index in [2.05, 4.69) is 6.58 Å². The molecule has 0 aromatic heterocycles. The minimum Gasteiger partial charge on any atom is -0.303 e. The third-order valence-electron chi connectivity index (χ3n) is 1.21. The van der Waals surface area contributed by atoms with Crippen LogP contribution in [0.1, 0.15) is 13.8 Å². The molecular weight excluding hydrogens is 116 g/mol. The minimum absolute atomic E-state index is 0.116. The van der Waals surface area contributed by atoms with E-state index in [0.29, 0.717) is 11.9 Å². The molecule has 0 fully saturated rings. The fraction of sp³-hybridized carbons (Fsp3) is 0.429. The summed E-state index contributed by atoms with van der Waals surface area (Å²) in [6, 6.07) is 0. The van der Waals surface area contributed by atoms with Gasteiger partial charge in [0, 0.05) is 5.92 Å². The zero-order chi connectivity index (χ0) is 7.44. The van der Waals surface area contributed by atoms with E-state index in [1.807, 2.05) is 0 Å². The van der Waals surface area contributed by atoms with Gasteiger partial charge in [-0.3, -0.25) is 4.79 Å². The molecule has 0 aliphatic heterocycles. The van der Waals surface area contributed by atoms with Crippen LogP contribution in [0.25, 0.3) is 0 Å². The lowest BCUT2D eigenvalue weighted by Gasteiger charge is -2.00. The smallest absolute Gasteiger partial charge is 0.155 e. The van der Waals surface area contributed by atoms with Gasteiger partial charge in [0.1, 0.15) is 6.29 Å². The van der Waals surface area contributed by atoms with Crippen molar-refractivity contribution in [1.29, 1.82) is 0 Å². The molecule has 1 unspecified atom stereocenters. The lowest BCUT2D eigenvalue weighted by atomic mass is 10.0. The Bertz CT molecular complexity index is 147. The maximum atomic E-state index is 10.5. The van der Waals surface area contributed by atoms with Crippen LogP contribution < -0.4 is 0 Å². The van der Waals surface area contributed by atoms with Crippen molar-refractivity contribution in [3.8, 4) is 0 Å². The Morgan fingerprint density at radius 1 is 1.67 bits per heavy atom. The van der Waals surface area contributed by atoms with Crippen molar-refractivity contribution >= 4 is 12.1 Å². The van der Waals surface area contributed by atoms with Crippen LogP contribution in [-0.4, -0.2) is 12.1 Å². The molecule has 0 saturated carbocycles. The Kier molecular flexibility index (Phi) is 2.85. The van der Waals surface area contributed by atoms with Gasteiger partial charge in [0.05, 0.1) is 0 Å². The zero-order valence-corrected chi connectivity index (χ0v) is 5.68. The largest absolute Gasteiger partial charge is 0.303 e. The third kappa shape index (κ3) is 2.22. The van der Waals surface area contributed by atoms with Crippen LogP contribution in [0.15, 0.2) is 12.2 Å². The molecule has 9 heavy (non-hydrogen) atoms. The highest BCUT2D eigenvalue weighted by atomic mass is 16.1. The predicted molar refractivity (Wildman–Crippen MR) is 35.0 cm³/mol. The van der Waals surface area contributed by atoms with E-state index in [4.69, 9.17) is 0 Å². The summed E-state index contributed by atoms with van der Waals surface area (Å²) in [7, 11) is 0. The average molecular weight is 126 g/mol. The summed E-state index contributed by atoms with van der Waals surface area (Å²) in [5, 5.41) is 0. The molecule has 0 heterocycles. The molecular formula is C7H10O2. The number of carbonyl (C=O) groups excluding carboxylic acids is 2. The van der Waals surface area contributed by atoms with Gasteiger partial charge < -0.3 is 4.79 Å². The van der Waals surface area contributed by atoms with Crippen molar-refractivity contribution in [1.82, 2.24) is 0 Å². The molecule has 2 heteroatoms. The Labute approximate surface area is 54.6 Å². The minimum atomic E-state index is -0.331. The molecule has 0 aliphatic rings. The van der Waals surface area contributed by atoms with Gasteiger partial charge >= 0.3 is 0 Å². The molecule has 0 amide bonds. The van der Waals surface area contributed by atoms with Crippen molar-refractivity contribution in [3.63, 3.8) is 0 Å². The van der Waals surface area contributed by atoms with Crippen LogP contribution in [0.5, 0.6) is 0 Å². The molecule has 0 radical (unpaired) electrons. The molecule has 50 valence electrons. The lowest BCUT2D eigenvalue weighted by Crippen LogP contribution is -2.06. The number of Topliss-reactive ketones (excluding diaryl/α,β-unsaturated/α-hetero) is 1. The van der Waals surface area contributed by atoms with Gasteiger partial charge in [0.2, 0.25) is 0 Å². The highest BCUT2D eigenvalue weighted by Crippen LogP contribution is 2.04. The van der Waals surface area contributed by atoms with Gasteiger partial charge in [-0.2, -0.15) is 0 Å². The molecule has 0 rings (SSSR count). The number of hydrogen-bond acceptors (Lipinski definition) is 2. The average Bonchev–Trinajstić information content (AvgIpc) is 1.84. The summed E-state index contributed by atoms with van der Waals surface area (Å²) < 4.78 is 0. The molecule has 1 atom stereocenters. The Hall–Kier alpha value is -0.920. The highest BCUT2D eigenvalue weighted by Gasteiger charge is 2.07. The van der Waals surface area contributed by atoms with Crippen molar-refractivity contribution in [3.05, 3.63) is 12.2 Å². The molecule has 2 nitrogen and oxygen atoms in total. The summed E-state index contributed by atoms with van der Waals surface area (Å²) in [5.41, 5.74) is 0.380. The summed E-state index contributed by atoms with van der Waals surface area (Å²) in [6.45, 7) is 6.50. The Morgan fingerprint density at radius 3 is 2.22 bits per heavy atom. The summed E-state index contributed by atoms with van der Waals surface area (Å²) >= 11 is 0. The molecule has 0 aromatic rings. The first-order chi connectivity index (χ1) is 4.09. The van der Waals surface area contributed by atoms with Crippen LogP contribution in [0, 0.1) is 5.92 Å². The fourth-order valence-electron chi connectivity index (χ4n) is 0.403. The molecule has 0 spiro atoms. The maximum Gasteiger partial charge on any atom is 0.155 e. The SMILES string of the molecule is C=C(C(C)=O)C(C)C=O. The van der Waals surface area contributed by atoms with E-state index in [-0.39, 0.29) is 11.7 Å². The van der Waals surface area contributed by atoms with Gasteiger partial charge in [-0.05, 0) is 12.5 Å². The molecule has 0 bridgehead atoms. The van der Waals surface area contributed by atoms with Crippen molar-refractivity contribution in [2.45, 2.75) is 13.8 Å². The van der Waals surface area contributed by atoms with Gasteiger partial charge in [-0.1, -0.05) is 13.5 Å². The second-order valence-electron chi connectivity index (χ2n) is 2.01. The van der Waals surface area contributed by atoms with Crippen molar-refractivity contribution < 1.29 is 9.59 Å². The van der Waals surface area contributed by atoms with E-state index >= 15 is 0 Å². The van der Waals surface area contributed by atoms with Crippen LogP contribution in [-0.2, 0) is 9.59 Å². The van der Waals surface area contributed by atoms with E-state index in [1.54, 1.807) is 6.92 Å². The van der Waals surface area contributed by atoms with Gasteiger partial charge in [-0.25, -0.2) is 0 Å². The van der Waals surface area contributed by atoms with Gasteiger partial charge in [0.15, 0.2) is 5.78 Å². The van der Waals surface area contributed by atoms with Crippen molar-refractivity contribution in [2.24, 2.45) is 5.92 Å². The molecule has 0 aliphatic carbocycles. The quantitative estimate of drug-likeness (QED) is 0.417. The van der Waals surface area contributed by atoms with Crippen molar-refractivity contribution in [2.75, 3.05) is 0 Å². The Morgan fingerprint density at radius 2 is 2.11 bits per heavy atom. The van der Waals surface area contributed by atoms with E-state index in [9.17, 15) is 9.59 Å². The molecule has 0 aromatic carbocycles. The number of aldehydes is 1. The number of ketones is 1. The summed E-state index contributed by atoms with van der Waals surface area (Å²) in [5.74, 6) is -0.447. The second kappa shape index (κ2) is 3.17.